The largest absolute Gasteiger partial charge is 0.245 e. The van der Waals surface area contributed by atoms with Crippen LogP contribution in [0.25, 0.3) is 0 Å². The fourth-order valence-electron chi connectivity index (χ4n) is 1.28. The minimum absolute atomic E-state index is 0.0347. The smallest absolute Gasteiger partial charge is 0.125 e. The van der Waals surface area contributed by atoms with Crippen molar-refractivity contribution in [3.63, 3.8) is 0 Å². The second-order valence-electron chi connectivity index (χ2n) is 2.74. The third-order valence-electron chi connectivity index (χ3n) is 2.05. The fourth-order valence-corrected chi connectivity index (χ4v) is 3.91. The van der Waals surface area contributed by atoms with Crippen molar-refractivity contribution in [2.45, 2.75) is 35.8 Å². The van der Waals surface area contributed by atoms with Crippen molar-refractivity contribution >= 4 is 27.7 Å². The third kappa shape index (κ3) is 1.50. The van der Waals surface area contributed by atoms with E-state index in [2.05, 4.69) is 22.9 Å². The van der Waals surface area contributed by atoms with E-state index in [1.165, 1.54) is 0 Å². The molecule has 0 spiro atoms. The molecule has 0 aromatic heterocycles. The summed E-state index contributed by atoms with van der Waals surface area (Å²) in [5.41, 5.74) is 0. The quantitative estimate of drug-likeness (QED) is 0.620. The second kappa shape index (κ2) is 3.44. The van der Waals surface area contributed by atoms with Gasteiger partial charge >= 0.3 is 0 Å². The SMILES string of the molecule is CC[C@H]1S[C@@H](Br)[C@@H](F)[C@@H]1C. The molecule has 1 saturated heterocycles. The highest BCUT2D eigenvalue weighted by atomic mass is 79.9. The number of hydrogen-bond acceptors (Lipinski definition) is 1. The van der Waals surface area contributed by atoms with E-state index in [4.69, 9.17) is 0 Å². The first-order valence-corrected chi connectivity index (χ1v) is 5.46. The van der Waals surface area contributed by atoms with Crippen LogP contribution in [-0.2, 0) is 0 Å². The summed E-state index contributed by atoms with van der Waals surface area (Å²) >= 11 is 5.04. The van der Waals surface area contributed by atoms with Gasteiger partial charge in [0.05, 0.1) is 4.16 Å². The van der Waals surface area contributed by atoms with Crippen LogP contribution in [0.5, 0.6) is 0 Å². The Kier molecular flexibility index (Phi) is 3.04. The van der Waals surface area contributed by atoms with Gasteiger partial charge in [0, 0.05) is 11.2 Å². The van der Waals surface area contributed by atoms with Gasteiger partial charge in [0.25, 0.3) is 0 Å². The van der Waals surface area contributed by atoms with Gasteiger partial charge in [0.2, 0.25) is 0 Å². The molecule has 0 aromatic carbocycles. The predicted molar refractivity (Wildman–Crippen MR) is 48.4 cm³/mol. The van der Waals surface area contributed by atoms with Crippen molar-refractivity contribution in [1.82, 2.24) is 0 Å². The summed E-state index contributed by atoms with van der Waals surface area (Å²) in [4.78, 5) is 0. The van der Waals surface area contributed by atoms with Gasteiger partial charge in [-0.15, -0.1) is 11.8 Å². The molecule has 0 N–H and O–H groups in total. The maximum Gasteiger partial charge on any atom is 0.125 e. The van der Waals surface area contributed by atoms with Gasteiger partial charge in [-0.3, -0.25) is 0 Å². The lowest BCUT2D eigenvalue weighted by molar-refractivity contribution is 0.271. The summed E-state index contributed by atoms with van der Waals surface area (Å²) in [6.07, 6.45) is 0.420. The average molecular weight is 227 g/mol. The first kappa shape index (κ1) is 8.85. The van der Waals surface area contributed by atoms with Crippen molar-refractivity contribution in [2.75, 3.05) is 0 Å². The Hall–Kier alpha value is 0.760. The highest BCUT2D eigenvalue weighted by molar-refractivity contribution is 9.11. The Balaban J connectivity index is 2.53. The van der Waals surface area contributed by atoms with Crippen LogP contribution in [0.4, 0.5) is 4.39 Å². The van der Waals surface area contributed by atoms with Crippen molar-refractivity contribution in [2.24, 2.45) is 5.92 Å². The summed E-state index contributed by atoms with van der Waals surface area (Å²) in [7, 11) is 0. The molecule has 1 aliphatic heterocycles. The molecule has 0 aromatic rings. The number of alkyl halides is 2. The third-order valence-corrected chi connectivity index (χ3v) is 4.83. The van der Waals surface area contributed by atoms with E-state index in [-0.39, 0.29) is 10.1 Å². The molecular formula is C7H12BrFS. The number of rotatable bonds is 1. The normalized spacial score (nSPS) is 48.0. The molecule has 10 heavy (non-hydrogen) atoms. The van der Waals surface area contributed by atoms with Crippen LogP contribution in [0.15, 0.2) is 0 Å². The second-order valence-corrected chi connectivity index (χ2v) is 5.72. The lowest BCUT2D eigenvalue weighted by atomic mass is 10.0. The van der Waals surface area contributed by atoms with Crippen LogP contribution >= 0.6 is 27.7 Å². The van der Waals surface area contributed by atoms with Crippen LogP contribution in [0.2, 0.25) is 0 Å². The van der Waals surface area contributed by atoms with E-state index >= 15 is 0 Å². The minimum Gasteiger partial charge on any atom is -0.245 e. The molecule has 4 atom stereocenters. The van der Waals surface area contributed by atoms with Crippen molar-refractivity contribution < 1.29 is 4.39 Å². The summed E-state index contributed by atoms with van der Waals surface area (Å²) in [5.74, 6) is 0.222. The van der Waals surface area contributed by atoms with E-state index in [1.807, 2.05) is 6.92 Å². The Morgan fingerprint density at radius 2 is 2.20 bits per heavy atom. The van der Waals surface area contributed by atoms with Gasteiger partial charge in [0.1, 0.15) is 6.17 Å². The Bertz CT molecular complexity index is 120. The summed E-state index contributed by atoms with van der Waals surface area (Å²) in [6.45, 7) is 4.11. The molecule has 1 heterocycles. The van der Waals surface area contributed by atoms with E-state index in [9.17, 15) is 4.39 Å². The summed E-state index contributed by atoms with van der Waals surface area (Å²) in [5, 5.41) is 0.513. The molecule has 0 amide bonds. The van der Waals surface area contributed by atoms with Gasteiger partial charge in [-0.2, -0.15) is 0 Å². The summed E-state index contributed by atoms with van der Waals surface area (Å²) in [6, 6.07) is 0. The standard InChI is InChI=1S/C7H12BrFS/c1-3-5-4(2)6(9)7(8)10-5/h4-7H,3H2,1-2H3/t4-,5-,6+,7-/m1/s1. The molecule has 0 radical (unpaired) electrons. The van der Waals surface area contributed by atoms with Gasteiger partial charge in [-0.25, -0.2) is 4.39 Å². The molecule has 0 unspecified atom stereocenters. The molecule has 0 saturated carbocycles. The average Bonchev–Trinajstić information content (AvgIpc) is 2.17. The van der Waals surface area contributed by atoms with Crippen LogP contribution in [0.3, 0.4) is 0 Å². The highest BCUT2D eigenvalue weighted by Crippen LogP contribution is 2.44. The zero-order valence-electron chi connectivity index (χ0n) is 6.18. The van der Waals surface area contributed by atoms with Crippen LogP contribution < -0.4 is 0 Å². The van der Waals surface area contributed by atoms with Crippen LogP contribution in [0, 0.1) is 5.92 Å². The van der Waals surface area contributed by atoms with Gasteiger partial charge in [0.15, 0.2) is 0 Å². The topological polar surface area (TPSA) is 0 Å². The Labute approximate surface area is 74.1 Å². The van der Waals surface area contributed by atoms with Crippen LogP contribution in [0.1, 0.15) is 20.3 Å². The van der Waals surface area contributed by atoms with Gasteiger partial charge in [-0.1, -0.05) is 29.8 Å². The predicted octanol–water partition coefficient (Wildman–Crippen LogP) is 3.21. The number of hydrogen-bond donors (Lipinski definition) is 0. The van der Waals surface area contributed by atoms with Crippen LogP contribution in [-0.4, -0.2) is 15.6 Å². The first-order valence-electron chi connectivity index (χ1n) is 3.60. The molecule has 0 aliphatic carbocycles. The number of halogens is 2. The van der Waals surface area contributed by atoms with E-state index in [1.54, 1.807) is 11.8 Å². The zero-order chi connectivity index (χ0) is 7.72. The Morgan fingerprint density at radius 3 is 2.40 bits per heavy atom. The van der Waals surface area contributed by atoms with Crippen molar-refractivity contribution in [3.05, 3.63) is 0 Å². The van der Waals surface area contributed by atoms with Crippen molar-refractivity contribution in [1.29, 1.82) is 0 Å². The molecule has 60 valence electrons. The van der Waals surface area contributed by atoms with Gasteiger partial charge in [-0.05, 0) is 6.42 Å². The molecule has 3 heteroatoms. The number of thioether (sulfide) groups is 1. The molecular weight excluding hydrogens is 215 g/mol. The lowest BCUT2D eigenvalue weighted by Gasteiger charge is -2.11. The van der Waals surface area contributed by atoms with E-state index < -0.39 is 6.17 Å². The van der Waals surface area contributed by atoms with E-state index in [0.29, 0.717) is 5.25 Å². The highest BCUT2D eigenvalue weighted by Gasteiger charge is 2.39. The summed E-state index contributed by atoms with van der Waals surface area (Å²) < 4.78 is 13.1. The maximum atomic E-state index is 13.1. The molecule has 1 rings (SSSR count). The first-order chi connectivity index (χ1) is 4.66. The van der Waals surface area contributed by atoms with E-state index in [0.717, 1.165) is 6.42 Å². The molecule has 1 aliphatic rings. The molecule has 1 fully saturated rings. The zero-order valence-corrected chi connectivity index (χ0v) is 8.58. The lowest BCUT2D eigenvalue weighted by Crippen LogP contribution is -2.17. The minimum atomic E-state index is -0.657. The monoisotopic (exact) mass is 226 g/mol. The Morgan fingerprint density at radius 1 is 1.60 bits per heavy atom. The van der Waals surface area contributed by atoms with Crippen molar-refractivity contribution in [3.8, 4) is 0 Å². The molecule has 0 nitrogen and oxygen atoms in total. The fraction of sp³-hybridized carbons (Fsp3) is 1.00. The van der Waals surface area contributed by atoms with Gasteiger partial charge < -0.3 is 0 Å². The molecule has 0 bridgehead atoms. The maximum absolute atomic E-state index is 13.1.